The van der Waals surface area contributed by atoms with Crippen LogP contribution in [0.2, 0.25) is 0 Å². The van der Waals surface area contributed by atoms with Crippen molar-refractivity contribution in [2.75, 3.05) is 0 Å². The predicted molar refractivity (Wildman–Crippen MR) is 464 cm³/mol. The van der Waals surface area contributed by atoms with E-state index in [1.165, 1.54) is 0 Å². The molecule has 10 aromatic carbocycles. The Balaban J connectivity index is 0.000000109. The van der Waals surface area contributed by atoms with Crippen LogP contribution < -0.4 is 54.3 Å². The lowest BCUT2D eigenvalue weighted by molar-refractivity contribution is 0.888. The fraction of sp³-hybridized carbons (Fsp3) is 0.263. The Kier molecular flexibility index (Phi) is 20.1. The first-order chi connectivity index (χ1) is 55.7. The molecule has 0 saturated carbocycles. The molecule has 10 aromatic heterocycles. The smallest absolute Gasteiger partial charge is 0.210 e. The van der Waals surface area contributed by atoms with Crippen LogP contribution in [0.15, 0.2) is 169 Å². The van der Waals surface area contributed by atoms with E-state index in [0.29, 0.717) is 208 Å². The molecule has 20 rings (SSSR count). The number of rotatable bonds is 15. The lowest BCUT2D eigenvalue weighted by Crippen LogP contribution is -2.04. The zero-order chi connectivity index (χ0) is 80.7. The van der Waals surface area contributed by atoms with Gasteiger partial charge in [-0.1, -0.05) is 126 Å². The van der Waals surface area contributed by atoms with Crippen molar-refractivity contribution < 1.29 is 0 Å². The molecule has 0 bridgehead atoms. The summed E-state index contributed by atoms with van der Waals surface area (Å²) in [5, 5.41) is 15.7. The van der Waals surface area contributed by atoms with Crippen LogP contribution in [0.5, 0.6) is 0 Å². The van der Waals surface area contributed by atoms with Gasteiger partial charge in [-0.15, -0.1) is 0 Å². The normalized spacial score (nSPS) is 11.9. The van der Waals surface area contributed by atoms with Crippen molar-refractivity contribution in [2.45, 2.75) is 166 Å². The summed E-state index contributed by atoms with van der Waals surface area (Å²) in [4.78, 5) is 168. The molecule has 0 aliphatic heterocycles. The second kappa shape index (κ2) is 30.4. The Hall–Kier alpha value is -13.1. The highest BCUT2D eigenvalue weighted by Crippen LogP contribution is 2.34. The van der Waals surface area contributed by atoms with E-state index in [-0.39, 0.29) is 54.3 Å². The predicted octanol–water partition coefficient (Wildman–Crippen LogP) is 15.2. The monoisotopic (exact) mass is 1520 g/mol. The molecule has 0 atom stereocenters. The van der Waals surface area contributed by atoms with Crippen LogP contribution in [-0.4, -0.2) is 49.8 Å². The van der Waals surface area contributed by atoms with E-state index in [1.807, 2.05) is 159 Å². The number of hydrogen-bond donors (Lipinski definition) is 0. The largest absolute Gasteiger partial charge is 0.287 e. The van der Waals surface area contributed by atoms with Crippen molar-refractivity contribution in [3.8, 4) is 0 Å². The Labute approximate surface area is 655 Å². The number of nitrogens with zero attached hydrogens (tertiary/aromatic N) is 10. The highest BCUT2D eigenvalue weighted by atomic mass is 16.1. The molecule has 0 amide bonds. The summed E-state index contributed by atoms with van der Waals surface area (Å²) in [6.07, 6.45) is 11.0. The first-order valence-corrected chi connectivity index (χ1v) is 39.9. The van der Waals surface area contributed by atoms with Crippen molar-refractivity contribution in [3.05, 3.63) is 280 Å². The average molecular weight is 1520 g/mol. The molecule has 0 unspecified atom stereocenters. The van der Waals surface area contributed by atoms with Crippen molar-refractivity contribution in [3.63, 3.8) is 0 Å². The molecule has 0 fully saturated rings. The highest BCUT2D eigenvalue weighted by Gasteiger charge is 2.23. The van der Waals surface area contributed by atoms with Crippen LogP contribution in [0.1, 0.15) is 158 Å². The summed E-state index contributed by atoms with van der Waals surface area (Å²) in [6.45, 7) is 19.8. The molecule has 570 valence electrons. The maximum atomic E-state index is 12.7. The van der Waals surface area contributed by atoms with Gasteiger partial charge in [0.1, 0.15) is 0 Å². The van der Waals surface area contributed by atoms with Gasteiger partial charge in [-0.3, -0.25) is 47.9 Å². The zero-order valence-electron chi connectivity index (χ0n) is 65.7. The lowest BCUT2D eigenvalue weighted by Gasteiger charge is -2.03. The van der Waals surface area contributed by atoms with Crippen molar-refractivity contribution in [2.24, 2.45) is 0 Å². The molecule has 0 aliphatic rings. The Morgan fingerprint density at radius 1 is 0.183 bits per heavy atom. The number of benzene rings is 10. The summed E-state index contributed by atoms with van der Waals surface area (Å²) < 4.78 is 0. The Morgan fingerprint density at radius 2 is 0.391 bits per heavy atom. The van der Waals surface area contributed by atoms with Crippen LogP contribution in [0.4, 0.5) is 0 Å². The van der Waals surface area contributed by atoms with Crippen molar-refractivity contribution in [1.29, 1.82) is 0 Å². The molecule has 0 radical (unpaired) electrons. The molecular weight excluding hydrogens is 1440 g/mol. The first-order valence-electron chi connectivity index (χ1n) is 39.9. The molecular formula is C95H80N10O10. The summed E-state index contributed by atoms with van der Waals surface area (Å²) in [7, 11) is 0. The number of hydrogen-bond acceptors (Lipinski definition) is 20. The van der Waals surface area contributed by atoms with Gasteiger partial charge in [-0.2, -0.15) is 0 Å². The zero-order valence-corrected chi connectivity index (χ0v) is 65.7. The lowest BCUT2D eigenvalue weighted by atomic mass is 10.0. The van der Waals surface area contributed by atoms with Crippen molar-refractivity contribution >= 4 is 163 Å². The average Bonchev–Trinajstić information content (AvgIpc) is 1.64. The van der Waals surface area contributed by atoms with E-state index in [1.54, 1.807) is 12.1 Å². The number of aryl methyl sites for hydroxylation is 10. The number of aromatic nitrogens is 10. The van der Waals surface area contributed by atoms with E-state index >= 15 is 0 Å². The van der Waals surface area contributed by atoms with E-state index < -0.39 is 0 Å². The van der Waals surface area contributed by atoms with Gasteiger partial charge in [0.05, 0.1) is 166 Å². The van der Waals surface area contributed by atoms with Gasteiger partial charge in [-0.25, -0.2) is 49.8 Å². The van der Waals surface area contributed by atoms with Gasteiger partial charge in [-0.05, 0) is 204 Å². The minimum Gasteiger partial charge on any atom is -0.287 e. The maximum Gasteiger partial charge on any atom is 0.210 e. The van der Waals surface area contributed by atoms with E-state index in [9.17, 15) is 47.9 Å². The molecule has 20 aromatic rings. The molecule has 115 heavy (non-hydrogen) atoms. The Bertz CT molecular complexity index is 7900. The van der Waals surface area contributed by atoms with Gasteiger partial charge >= 0.3 is 0 Å². The van der Waals surface area contributed by atoms with Crippen LogP contribution in [0.3, 0.4) is 0 Å². The van der Waals surface area contributed by atoms with Crippen LogP contribution in [0.25, 0.3) is 163 Å². The quantitative estimate of drug-likeness (QED) is 0.0861. The Morgan fingerprint density at radius 3 is 0.739 bits per heavy atom. The van der Waals surface area contributed by atoms with Crippen LogP contribution >= 0.6 is 0 Å². The summed E-state index contributed by atoms with van der Waals surface area (Å²) >= 11 is 0. The molecule has 0 aliphatic carbocycles. The molecule has 20 nitrogen and oxygen atoms in total. The molecule has 0 saturated heterocycles. The minimum atomic E-state index is -0.0353. The summed E-state index contributed by atoms with van der Waals surface area (Å²) in [6, 6.07) is 37.8. The van der Waals surface area contributed by atoms with Crippen LogP contribution in [-0.2, 0) is 64.2 Å². The first kappa shape index (κ1) is 75.9. The minimum absolute atomic E-state index is 0.00511. The molecule has 0 spiro atoms. The van der Waals surface area contributed by atoms with E-state index in [4.69, 9.17) is 0 Å². The maximum absolute atomic E-state index is 12.7. The third kappa shape index (κ3) is 13.0. The van der Waals surface area contributed by atoms with E-state index in [0.717, 1.165) is 108 Å². The SMILES string of the molecule is CCCc1nc2c(ccc3c2ccc2c(=O)c(CC)nc23)c1=O.CCCc1nc2cc3c(=O)c(CC)nc3cc2c1=O.CCCc1nc2cc3cc4c(=O)c(CC)nc4cc3cc2c1=O.CCCc1nc2cc3cc4cc5c(=O)c(CC)nc5cc4cc3cc2c1=O.CCCc1nc2ccc3c(ccc4nc(CC)c(=O)c43)c2c1=O. The summed E-state index contributed by atoms with van der Waals surface area (Å²) in [5.41, 5.74) is 13.2. The van der Waals surface area contributed by atoms with Gasteiger partial charge in [0.2, 0.25) is 54.3 Å². The second-order valence-electron chi connectivity index (χ2n) is 29.7. The van der Waals surface area contributed by atoms with Crippen LogP contribution in [0, 0.1) is 0 Å². The number of fused-ring (bicyclic) bond motifs is 19. The van der Waals surface area contributed by atoms with Gasteiger partial charge in [0.15, 0.2) is 0 Å². The van der Waals surface area contributed by atoms with Gasteiger partial charge in [0.25, 0.3) is 0 Å². The topological polar surface area (TPSA) is 300 Å². The second-order valence-corrected chi connectivity index (χ2v) is 29.7. The fourth-order valence-corrected chi connectivity index (χ4v) is 16.4. The fourth-order valence-electron chi connectivity index (χ4n) is 16.4. The van der Waals surface area contributed by atoms with Gasteiger partial charge in [0, 0.05) is 10.8 Å². The highest BCUT2D eigenvalue weighted by molar-refractivity contribution is 6.18. The standard InChI is InChI=1S/C23H18N2O2.3C19H16N2O2.C15H14N2O2/c1-3-5-19-23(27)17-9-13-7-14-10-20-16(22(26)18(4-2)24-20)8-12(14)6-15(13)11-21(17)25-19;1-3-5-15-19(23)13-7-11-8-16-12(18(22)14(4-2)20-16)6-10(11)9-17(13)21-15;1-3-5-15-19(23)13-9-7-10-11(17(13)21-15)6-8-12-16(10)20-14(4-2)18(12)22;1-3-5-15-19(23)17-11-6-8-13-16(18(22)12(4-2)20-13)10(11)7-9-14(17)21-15;1-3-5-11-15(19)9-7-12-8(6-13(9)17-11)14(18)10(4-2)16-12/h6-11H,3-5H2,1-2H3;3*6-9H,3-5H2,1-2H3;6-7H,3-5H2,1-2H3. The molecule has 10 heterocycles. The van der Waals surface area contributed by atoms with E-state index in [2.05, 4.69) is 68.9 Å². The van der Waals surface area contributed by atoms with Gasteiger partial charge < -0.3 is 0 Å². The third-order valence-electron chi connectivity index (χ3n) is 22.2. The molecule has 0 N–H and O–H groups in total. The summed E-state index contributed by atoms with van der Waals surface area (Å²) in [5.74, 6) is 0. The molecule has 20 heteroatoms. The van der Waals surface area contributed by atoms with Crippen molar-refractivity contribution in [1.82, 2.24) is 49.8 Å². The third-order valence-corrected chi connectivity index (χ3v) is 22.2.